The third-order valence-electron chi connectivity index (χ3n) is 5.92. The molecule has 1 aliphatic rings. The highest BCUT2D eigenvalue weighted by Gasteiger charge is 2.29. The average Bonchev–Trinajstić information content (AvgIpc) is 3.26. The third-order valence-corrected chi connectivity index (χ3v) is 5.92. The number of nitrogens with zero attached hydrogens (tertiary/aromatic N) is 5. The van der Waals surface area contributed by atoms with Crippen LogP contribution in [0.1, 0.15) is 31.0 Å². The summed E-state index contributed by atoms with van der Waals surface area (Å²) in [7, 11) is 7.78. The number of nitrogens with one attached hydrogen (secondary N) is 1. The van der Waals surface area contributed by atoms with Gasteiger partial charge in [0.15, 0.2) is 5.96 Å². The molecule has 1 N–H and O–H groups in total. The van der Waals surface area contributed by atoms with E-state index in [1.165, 1.54) is 5.56 Å². The Morgan fingerprint density at radius 1 is 1.34 bits per heavy atom. The molecule has 1 aromatic carbocycles. The number of guanidine groups is 1. The molecule has 29 heavy (non-hydrogen) atoms. The summed E-state index contributed by atoms with van der Waals surface area (Å²) in [6, 6.07) is 8.95. The van der Waals surface area contributed by atoms with E-state index >= 15 is 0 Å². The molecule has 0 aliphatic carbocycles. The molecule has 7 nitrogen and oxygen atoms in total. The minimum absolute atomic E-state index is 0.241. The molecule has 1 fully saturated rings. The number of benzene rings is 1. The Morgan fingerprint density at radius 3 is 2.69 bits per heavy atom. The van der Waals surface area contributed by atoms with E-state index < -0.39 is 0 Å². The van der Waals surface area contributed by atoms with Crippen LogP contribution in [0, 0.1) is 5.92 Å². The summed E-state index contributed by atoms with van der Waals surface area (Å²) in [6.45, 7) is 5.06. The fraction of sp³-hybridized carbons (Fsp3) is 0.545. The number of aliphatic imine (C=N–C) groups is 1. The zero-order valence-corrected chi connectivity index (χ0v) is 18.2. The Labute approximate surface area is 174 Å². The molecule has 158 valence electrons. The number of likely N-dealkylation sites (tertiary alicyclic amines) is 1. The lowest BCUT2D eigenvalue weighted by molar-refractivity contribution is 0.187. The molecular formula is C22H34N6O. The van der Waals surface area contributed by atoms with Crippen LogP contribution in [0.25, 0.3) is 0 Å². The summed E-state index contributed by atoms with van der Waals surface area (Å²) in [5.74, 6) is 2.46. The van der Waals surface area contributed by atoms with Gasteiger partial charge in [0.25, 0.3) is 0 Å². The molecule has 0 saturated carbocycles. The van der Waals surface area contributed by atoms with E-state index in [0.717, 1.165) is 37.8 Å². The maximum absolute atomic E-state index is 5.29. The third kappa shape index (κ3) is 5.09. The van der Waals surface area contributed by atoms with Gasteiger partial charge in [0, 0.05) is 39.1 Å². The molecule has 3 atom stereocenters. The minimum atomic E-state index is 0.241. The fourth-order valence-corrected chi connectivity index (χ4v) is 4.04. The number of methoxy groups -OCH3 is 1. The number of imidazole rings is 1. The Bertz CT molecular complexity index is 771. The molecule has 1 aliphatic heterocycles. The van der Waals surface area contributed by atoms with Gasteiger partial charge in [-0.2, -0.15) is 0 Å². The van der Waals surface area contributed by atoms with Crippen molar-refractivity contribution in [1.29, 1.82) is 0 Å². The first-order chi connectivity index (χ1) is 14.0. The molecule has 1 saturated heterocycles. The molecule has 3 rings (SSSR count). The van der Waals surface area contributed by atoms with E-state index in [4.69, 9.17) is 4.74 Å². The number of piperidine rings is 1. The summed E-state index contributed by atoms with van der Waals surface area (Å²) in [4.78, 5) is 13.4. The van der Waals surface area contributed by atoms with E-state index in [1.54, 1.807) is 7.11 Å². The highest BCUT2D eigenvalue weighted by molar-refractivity contribution is 5.80. The average molecular weight is 399 g/mol. The van der Waals surface area contributed by atoms with Gasteiger partial charge in [0.2, 0.25) is 0 Å². The van der Waals surface area contributed by atoms with Crippen LogP contribution in [0.5, 0.6) is 5.75 Å². The Balaban J connectivity index is 1.66. The SMILES string of the molecule is CN=C(NCC(c1ccc(OC)cc1)N(C)C)N1CCC(C)C(n2ccnc2)C1. The number of hydrogen-bond donors (Lipinski definition) is 1. The number of hydrogen-bond acceptors (Lipinski definition) is 4. The van der Waals surface area contributed by atoms with Gasteiger partial charge in [0.1, 0.15) is 5.75 Å². The fourth-order valence-electron chi connectivity index (χ4n) is 4.04. The highest BCUT2D eigenvalue weighted by atomic mass is 16.5. The lowest BCUT2D eigenvalue weighted by Gasteiger charge is -2.39. The summed E-state index contributed by atoms with van der Waals surface area (Å²) in [5.41, 5.74) is 1.25. The van der Waals surface area contributed by atoms with Gasteiger partial charge in [-0.3, -0.25) is 4.99 Å². The molecule has 0 radical (unpaired) electrons. The van der Waals surface area contributed by atoms with Crippen molar-refractivity contribution in [3.05, 3.63) is 48.5 Å². The second-order valence-electron chi connectivity index (χ2n) is 7.97. The molecule has 3 unspecified atom stereocenters. The van der Waals surface area contributed by atoms with Crippen LogP contribution in [0.15, 0.2) is 48.0 Å². The molecular weight excluding hydrogens is 364 g/mol. The van der Waals surface area contributed by atoms with Crippen LogP contribution >= 0.6 is 0 Å². The largest absolute Gasteiger partial charge is 0.497 e. The molecule has 0 spiro atoms. The second-order valence-corrected chi connectivity index (χ2v) is 7.97. The Kier molecular flexibility index (Phi) is 7.14. The van der Waals surface area contributed by atoms with Crippen molar-refractivity contribution in [2.45, 2.75) is 25.4 Å². The van der Waals surface area contributed by atoms with Crippen LogP contribution in [0.3, 0.4) is 0 Å². The van der Waals surface area contributed by atoms with Crippen molar-refractivity contribution < 1.29 is 4.74 Å². The Morgan fingerprint density at radius 2 is 2.10 bits per heavy atom. The van der Waals surface area contributed by atoms with Crippen molar-refractivity contribution in [3.63, 3.8) is 0 Å². The first kappa shape index (κ1) is 21.2. The maximum atomic E-state index is 5.29. The number of ether oxygens (including phenoxy) is 1. The van der Waals surface area contributed by atoms with Crippen LogP contribution in [-0.2, 0) is 0 Å². The normalized spacial score (nSPS) is 21.3. The first-order valence-corrected chi connectivity index (χ1v) is 10.3. The number of likely N-dealkylation sites (N-methyl/N-ethyl adjacent to an activating group) is 1. The van der Waals surface area contributed by atoms with Gasteiger partial charge >= 0.3 is 0 Å². The lowest BCUT2D eigenvalue weighted by Crippen LogP contribution is -2.50. The first-order valence-electron chi connectivity index (χ1n) is 10.3. The van der Waals surface area contributed by atoms with Crippen LogP contribution in [0.4, 0.5) is 0 Å². The standard InChI is InChI=1S/C22H34N6O/c1-17-10-12-27(15-21(17)28-13-11-24-16-28)22(23-2)25-14-20(26(3)4)18-6-8-19(29-5)9-7-18/h6-9,11,13,16-17,20-21H,10,12,14-15H2,1-5H3,(H,23,25). The van der Waals surface area contributed by atoms with Gasteiger partial charge in [-0.15, -0.1) is 0 Å². The maximum Gasteiger partial charge on any atom is 0.193 e. The molecule has 7 heteroatoms. The van der Waals surface area contributed by atoms with Gasteiger partial charge in [-0.05, 0) is 44.1 Å². The van der Waals surface area contributed by atoms with E-state index in [9.17, 15) is 0 Å². The molecule has 1 aromatic heterocycles. The van der Waals surface area contributed by atoms with Crippen LogP contribution in [0.2, 0.25) is 0 Å². The summed E-state index contributed by atoms with van der Waals surface area (Å²) >= 11 is 0. The monoisotopic (exact) mass is 398 g/mol. The van der Waals surface area contributed by atoms with Crippen LogP contribution in [-0.4, -0.2) is 73.2 Å². The number of aromatic nitrogens is 2. The van der Waals surface area contributed by atoms with Crippen molar-refractivity contribution >= 4 is 5.96 Å². The smallest absolute Gasteiger partial charge is 0.193 e. The van der Waals surface area contributed by atoms with Gasteiger partial charge in [-0.1, -0.05) is 19.1 Å². The molecule has 0 amide bonds. The quantitative estimate of drug-likeness (QED) is 0.599. The summed E-state index contributed by atoms with van der Waals surface area (Å²) < 4.78 is 7.52. The van der Waals surface area contributed by atoms with E-state index in [-0.39, 0.29) is 6.04 Å². The van der Waals surface area contributed by atoms with Gasteiger partial charge in [-0.25, -0.2) is 4.98 Å². The van der Waals surface area contributed by atoms with Gasteiger partial charge < -0.3 is 24.4 Å². The van der Waals surface area contributed by atoms with E-state index in [2.05, 4.69) is 69.0 Å². The lowest BCUT2D eigenvalue weighted by atomic mass is 9.93. The Hall–Kier alpha value is -2.54. The van der Waals surface area contributed by atoms with Crippen molar-refractivity contribution in [2.24, 2.45) is 10.9 Å². The summed E-state index contributed by atoms with van der Waals surface area (Å²) in [5, 5.41) is 3.61. The van der Waals surface area contributed by atoms with Crippen molar-refractivity contribution in [3.8, 4) is 5.75 Å². The van der Waals surface area contributed by atoms with Crippen LogP contribution < -0.4 is 10.1 Å². The minimum Gasteiger partial charge on any atom is -0.497 e. The van der Waals surface area contributed by atoms with E-state index in [0.29, 0.717) is 12.0 Å². The molecule has 2 heterocycles. The number of rotatable bonds is 6. The second kappa shape index (κ2) is 9.78. The molecule has 0 bridgehead atoms. The predicted octanol–water partition coefficient (Wildman–Crippen LogP) is 2.65. The van der Waals surface area contributed by atoms with Crippen molar-refractivity contribution in [1.82, 2.24) is 24.7 Å². The molecule has 2 aromatic rings. The highest BCUT2D eigenvalue weighted by Crippen LogP contribution is 2.27. The predicted molar refractivity (Wildman–Crippen MR) is 117 cm³/mol. The summed E-state index contributed by atoms with van der Waals surface area (Å²) in [6.07, 6.45) is 6.98. The van der Waals surface area contributed by atoms with Crippen molar-refractivity contribution in [2.75, 3.05) is 47.9 Å². The zero-order chi connectivity index (χ0) is 20.8. The zero-order valence-electron chi connectivity index (χ0n) is 18.2. The topological polar surface area (TPSA) is 57.9 Å². The van der Waals surface area contributed by atoms with E-state index in [1.807, 2.05) is 31.7 Å². The van der Waals surface area contributed by atoms with Gasteiger partial charge in [0.05, 0.1) is 25.5 Å².